The number of carbonyl (C=O) groups excluding carboxylic acids is 2. The van der Waals surface area contributed by atoms with E-state index in [0.29, 0.717) is 0 Å². The van der Waals surface area contributed by atoms with Crippen LogP contribution in [0, 0.1) is 3.57 Å². The van der Waals surface area contributed by atoms with Crippen LogP contribution in [0.5, 0.6) is 0 Å². The number of rotatable bonds is 7. The van der Waals surface area contributed by atoms with Gasteiger partial charge in [0.05, 0.1) is 13.2 Å². The topological polar surface area (TPSA) is 61.8 Å². The molecular formula is C15H19IO5. The van der Waals surface area contributed by atoms with Crippen LogP contribution in [0.25, 0.3) is 0 Å². The smallest absolute Gasteiger partial charge is 0.350 e. The lowest BCUT2D eigenvalue weighted by Gasteiger charge is -2.27. The molecule has 6 heteroatoms. The second-order valence-electron chi connectivity index (χ2n) is 4.28. The molecule has 0 aliphatic rings. The fraction of sp³-hybridized carbons (Fsp3) is 0.467. The lowest BCUT2D eigenvalue weighted by atomic mass is 9.94. The van der Waals surface area contributed by atoms with E-state index in [4.69, 9.17) is 14.2 Å². The van der Waals surface area contributed by atoms with Gasteiger partial charge in [-0.3, -0.25) is 0 Å². The number of hydrogen-bond acceptors (Lipinski definition) is 5. The third kappa shape index (κ3) is 4.41. The Morgan fingerprint density at radius 1 is 1.05 bits per heavy atom. The van der Waals surface area contributed by atoms with Crippen molar-refractivity contribution in [2.75, 3.05) is 20.3 Å². The van der Waals surface area contributed by atoms with Gasteiger partial charge in [-0.1, -0.05) is 12.1 Å². The van der Waals surface area contributed by atoms with Crippen LogP contribution < -0.4 is 0 Å². The maximum Gasteiger partial charge on any atom is 0.350 e. The molecule has 0 saturated carbocycles. The predicted octanol–water partition coefficient (Wildman–Crippen LogP) is 2.35. The largest absolute Gasteiger partial charge is 0.463 e. The highest BCUT2D eigenvalue weighted by Gasteiger charge is 2.49. The summed E-state index contributed by atoms with van der Waals surface area (Å²) in [5.74, 6) is -1.46. The molecule has 0 spiro atoms. The molecule has 0 heterocycles. The molecule has 5 nitrogen and oxygen atoms in total. The van der Waals surface area contributed by atoms with Gasteiger partial charge in [0, 0.05) is 17.1 Å². The van der Waals surface area contributed by atoms with Crippen molar-refractivity contribution >= 4 is 34.5 Å². The number of benzene rings is 1. The summed E-state index contributed by atoms with van der Waals surface area (Å²) in [6.07, 6.45) is 0.0675. The van der Waals surface area contributed by atoms with Crippen molar-refractivity contribution in [2.24, 2.45) is 0 Å². The molecule has 21 heavy (non-hydrogen) atoms. The number of esters is 2. The van der Waals surface area contributed by atoms with E-state index in [2.05, 4.69) is 22.6 Å². The van der Waals surface area contributed by atoms with Gasteiger partial charge in [-0.15, -0.1) is 0 Å². The first-order valence-corrected chi connectivity index (χ1v) is 7.72. The minimum atomic E-state index is -1.77. The normalized spacial score (nSPS) is 11.0. The molecule has 116 valence electrons. The summed E-state index contributed by atoms with van der Waals surface area (Å²) in [5.41, 5.74) is -0.975. The third-order valence-corrected chi connectivity index (χ3v) is 3.64. The molecular weight excluding hydrogens is 387 g/mol. The Morgan fingerprint density at radius 2 is 1.52 bits per heavy atom. The Labute approximate surface area is 138 Å². The van der Waals surface area contributed by atoms with Crippen LogP contribution in [0.15, 0.2) is 24.3 Å². The number of ether oxygens (including phenoxy) is 3. The molecule has 1 rings (SSSR count). The Morgan fingerprint density at radius 3 is 1.90 bits per heavy atom. The van der Waals surface area contributed by atoms with E-state index in [0.717, 1.165) is 9.13 Å². The van der Waals surface area contributed by atoms with Gasteiger partial charge in [0.15, 0.2) is 0 Å². The molecule has 0 atom stereocenters. The van der Waals surface area contributed by atoms with Crippen molar-refractivity contribution in [1.82, 2.24) is 0 Å². The predicted molar refractivity (Wildman–Crippen MR) is 85.9 cm³/mol. The number of methoxy groups -OCH3 is 1. The second-order valence-corrected chi connectivity index (χ2v) is 5.52. The average Bonchev–Trinajstić information content (AvgIpc) is 2.47. The maximum atomic E-state index is 12.2. The van der Waals surface area contributed by atoms with E-state index in [1.807, 2.05) is 24.3 Å². The van der Waals surface area contributed by atoms with Crippen molar-refractivity contribution in [3.63, 3.8) is 0 Å². The molecule has 0 aliphatic heterocycles. The molecule has 0 unspecified atom stereocenters. The zero-order valence-electron chi connectivity index (χ0n) is 12.3. The SMILES string of the molecule is CCOC(=O)C(Cc1ccc(I)cc1)(OC)C(=O)OCC. The first kappa shape index (κ1) is 17.9. The molecule has 0 bridgehead atoms. The van der Waals surface area contributed by atoms with Gasteiger partial charge >= 0.3 is 11.9 Å². The van der Waals surface area contributed by atoms with Crippen molar-refractivity contribution in [3.05, 3.63) is 33.4 Å². The summed E-state index contributed by atoms with van der Waals surface area (Å²) < 4.78 is 16.3. The van der Waals surface area contributed by atoms with E-state index in [1.54, 1.807) is 13.8 Å². The summed E-state index contributed by atoms with van der Waals surface area (Å²) in [6, 6.07) is 7.47. The summed E-state index contributed by atoms with van der Waals surface area (Å²) in [5, 5.41) is 0. The molecule has 0 radical (unpaired) electrons. The highest BCUT2D eigenvalue weighted by Crippen LogP contribution is 2.22. The first-order valence-electron chi connectivity index (χ1n) is 6.64. The third-order valence-electron chi connectivity index (χ3n) is 2.93. The van der Waals surface area contributed by atoms with E-state index >= 15 is 0 Å². The fourth-order valence-electron chi connectivity index (χ4n) is 1.85. The van der Waals surface area contributed by atoms with E-state index in [-0.39, 0.29) is 19.6 Å². The quantitative estimate of drug-likeness (QED) is 0.395. The van der Waals surface area contributed by atoms with E-state index < -0.39 is 17.5 Å². The van der Waals surface area contributed by atoms with Crippen LogP contribution >= 0.6 is 22.6 Å². The van der Waals surface area contributed by atoms with Gasteiger partial charge in [-0.2, -0.15) is 0 Å². The van der Waals surface area contributed by atoms with Crippen LogP contribution in [-0.2, 0) is 30.2 Å². The van der Waals surface area contributed by atoms with Crippen LogP contribution in [0.1, 0.15) is 19.4 Å². The highest BCUT2D eigenvalue weighted by molar-refractivity contribution is 14.1. The van der Waals surface area contributed by atoms with Gasteiger partial charge < -0.3 is 14.2 Å². The minimum Gasteiger partial charge on any atom is -0.463 e. The Balaban J connectivity index is 3.12. The van der Waals surface area contributed by atoms with Crippen molar-refractivity contribution in [3.8, 4) is 0 Å². The lowest BCUT2D eigenvalue weighted by molar-refractivity contribution is -0.187. The monoisotopic (exact) mass is 406 g/mol. The molecule has 0 aliphatic carbocycles. The van der Waals surface area contributed by atoms with Crippen LogP contribution in [-0.4, -0.2) is 37.9 Å². The van der Waals surface area contributed by atoms with Crippen LogP contribution in [0.3, 0.4) is 0 Å². The highest BCUT2D eigenvalue weighted by atomic mass is 127. The van der Waals surface area contributed by atoms with Gasteiger partial charge in [-0.25, -0.2) is 9.59 Å². The standard InChI is InChI=1S/C15H19IO5/c1-4-20-13(17)15(19-3,14(18)21-5-2)10-11-6-8-12(16)9-7-11/h6-9H,4-5,10H2,1-3H3. The molecule has 0 fully saturated rings. The minimum absolute atomic E-state index is 0.0675. The zero-order chi connectivity index (χ0) is 15.9. The number of carbonyl (C=O) groups is 2. The zero-order valence-corrected chi connectivity index (χ0v) is 14.5. The summed E-state index contributed by atoms with van der Waals surface area (Å²) >= 11 is 2.18. The summed E-state index contributed by atoms with van der Waals surface area (Å²) in [4.78, 5) is 24.5. The Hall–Kier alpha value is -1.15. The average molecular weight is 406 g/mol. The Kier molecular flexibility index (Phi) is 7.10. The van der Waals surface area contributed by atoms with Crippen molar-refractivity contribution < 1.29 is 23.8 Å². The van der Waals surface area contributed by atoms with Crippen molar-refractivity contribution in [2.45, 2.75) is 25.9 Å². The summed E-state index contributed by atoms with van der Waals surface area (Å²) in [7, 11) is 1.31. The molecule has 0 saturated heterocycles. The number of hydrogen-bond donors (Lipinski definition) is 0. The van der Waals surface area contributed by atoms with E-state index in [9.17, 15) is 9.59 Å². The maximum absolute atomic E-state index is 12.2. The van der Waals surface area contributed by atoms with Gasteiger partial charge in [0.25, 0.3) is 5.60 Å². The summed E-state index contributed by atoms with van der Waals surface area (Å²) in [6.45, 7) is 3.68. The van der Waals surface area contributed by atoms with Gasteiger partial charge in [-0.05, 0) is 54.1 Å². The second kappa shape index (κ2) is 8.33. The van der Waals surface area contributed by atoms with Gasteiger partial charge in [0.1, 0.15) is 0 Å². The lowest BCUT2D eigenvalue weighted by Crippen LogP contribution is -2.52. The van der Waals surface area contributed by atoms with Crippen LogP contribution in [0.2, 0.25) is 0 Å². The van der Waals surface area contributed by atoms with Crippen LogP contribution in [0.4, 0.5) is 0 Å². The fourth-order valence-corrected chi connectivity index (χ4v) is 2.21. The molecule has 0 N–H and O–H groups in total. The Bertz CT molecular complexity index is 465. The van der Waals surface area contributed by atoms with E-state index in [1.165, 1.54) is 7.11 Å². The molecule has 0 aromatic heterocycles. The molecule has 1 aromatic carbocycles. The van der Waals surface area contributed by atoms with Gasteiger partial charge in [0.2, 0.25) is 0 Å². The van der Waals surface area contributed by atoms with Crippen molar-refractivity contribution in [1.29, 1.82) is 0 Å². The molecule has 1 aromatic rings. The number of halogens is 1. The first-order chi connectivity index (χ1) is 10.00. The molecule has 0 amide bonds.